The average Bonchev–Trinajstić information content (AvgIpc) is 2.95. The van der Waals surface area contributed by atoms with Crippen LogP contribution in [0.15, 0.2) is 77.7 Å². The molecular weight excluding hydrogens is 557 g/mol. The normalized spacial score (nSPS) is 12.1. The molecule has 1 N–H and O–H groups in total. The van der Waals surface area contributed by atoms with Gasteiger partial charge < -0.3 is 15.0 Å². The standard InChI is InChI=1S/C32H40FN3O5S/c1-6-30(32(38)34-20-23(3)4)35(21-25-10-8-9-24(5)19-25)31(37)22-36(27-13-15-28(16-14-27)41-7-2)42(39,40)29-17-11-26(33)12-18-29/h8-19,23,30H,6-7,20-22H2,1-5H3,(H,34,38). The van der Waals surface area contributed by atoms with Crippen molar-refractivity contribution in [1.82, 2.24) is 10.2 Å². The van der Waals surface area contributed by atoms with E-state index in [-0.39, 0.29) is 29.0 Å². The predicted molar refractivity (Wildman–Crippen MR) is 162 cm³/mol. The summed E-state index contributed by atoms with van der Waals surface area (Å²) >= 11 is 0. The number of nitrogens with one attached hydrogen (secondary N) is 1. The molecule has 1 atom stereocenters. The van der Waals surface area contributed by atoms with Crippen LogP contribution in [0.25, 0.3) is 0 Å². The molecule has 10 heteroatoms. The Kier molecular flexibility index (Phi) is 11.5. The van der Waals surface area contributed by atoms with E-state index in [0.717, 1.165) is 39.7 Å². The molecule has 42 heavy (non-hydrogen) atoms. The third-order valence-corrected chi connectivity index (χ3v) is 8.41. The molecule has 226 valence electrons. The van der Waals surface area contributed by atoms with Gasteiger partial charge in [0.05, 0.1) is 17.2 Å². The van der Waals surface area contributed by atoms with Gasteiger partial charge in [0.25, 0.3) is 10.0 Å². The lowest BCUT2D eigenvalue weighted by Gasteiger charge is -2.33. The van der Waals surface area contributed by atoms with Crippen LogP contribution in [0.1, 0.15) is 45.2 Å². The molecule has 0 spiro atoms. The number of amides is 2. The number of benzene rings is 3. The molecule has 0 aliphatic heterocycles. The van der Waals surface area contributed by atoms with Gasteiger partial charge >= 0.3 is 0 Å². The smallest absolute Gasteiger partial charge is 0.264 e. The minimum atomic E-state index is -4.30. The van der Waals surface area contributed by atoms with Crippen molar-refractivity contribution in [3.05, 3.63) is 89.7 Å². The van der Waals surface area contributed by atoms with Crippen LogP contribution in [0.2, 0.25) is 0 Å². The van der Waals surface area contributed by atoms with Gasteiger partial charge in [-0.25, -0.2) is 12.8 Å². The zero-order valence-corrected chi connectivity index (χ0v) is 25.7. The molecule has 3 rings (SSSR count). The van der Waals surface area contributed by atoms with Crippen molar-refractivity contribution >= 4 is 27.5 Å². The Labute approximate surface area is 248 Å². The van der Waals surface area contributed by atoms with Crippen molar-refractivity contribution in [2.75, 3.05) is 24.0 Å². The largest absolute Gasteiger partial charge is 0.494 e. The lowest BCUT2D eigenvalue weighted by atomic mass is 10.1. The minimum Gasteiger partial charge on any atom is -0.494 e. The first-order valence-electron chi connectivity index (χ1n) is 14.1. The molecule has 0 heterocycles. The van der Waals surface area contributed by atoms with E-state index < -0.39 is 34.3 Å². The molecule has 1 unspecified atom stereocenters. The van der Waals surface area contributed by atoms with Crippen LogP contribution < -0.4 is 14.4 Å². The second-order valence-corrected chi connectivity index (χ2v) is 12.3. The first-order chi connectivity index (χ1) is 20.0. The van der Waals surface area contributed by atoms with E-state index in [0.29, 0.717) is 25.3 Å². The van der Waals surface area contributed by atoms with E-state index in [4.69, 9.17) is 4.74 Å². The van der Waals surface area contributed by atoms with Crippen molar-refractivity contribution < 1.29 is 27.1 Å². The fourth-order valence-electron chi connectivity index (χ4n) is 4.49. The number of rotatable bonds is 14. The van der Waals surface area contributed by atoms with Crippen molar-refractivity contribution in [2.24, 2.45) is 5.92 Å². The van der Waals surface area contributed by atoms with E-state index in [2.05, 4.69) is 5.32 Å². The van der Waals surface area contributed by atoms with Crippen LogP contribution in [0.3, 0.4) is 0 Å². The summed E-state index contributed by atoms with van der Waals surface area (Å²) in [4.78, 5) is 28.7. The van der Waals surface area contributed by atoms with E-state index in [1.807, 2.05) is 58.9 Å². The fourth-order valence-corrected chi connectivity index (χ4v) is 5.90. The lowest BCUT2D eigenvalue weighted by molar-refractivity contribution is -0.140. The number of ether oxygens (including phenoxy) is 1. The first-order valence-corrected chi connectivity index (χ1v) is 15.5. The summed E-state index contributed by atoms with van der Waals surface area (Å²) in [5.41, 5.74) is 2.03. The van der Waals surface area contributed by atoms with Crippen LogP contribution in [-0.2, 0) is 26.2 Å². The van der Waals surface area contributed by atoms with Crippen molar-refractivity contribution in [2.45, 2.75) is 58.5 Å². The summed E-state index contributed by atoms with van der Waals surface area (Å²) in [5.74, 6) is -0.687. The van der Waals surface area contributed by atoms with Gasteiger partial charge in [-0.2, -0.15) is 0 Å². The number of nitrogens with zero attached hydrogens (tertiary/aromatic N) is 2. The summed E-state index contributed by atoms with van der Waals surface area (Å²) in [7, 11) is -4.30. The molecule has 8 nitrogen and oxygen atoms in total. The molecule has 0 aromatic heterocycles. The van der Waals surface area contributed by atoms with Gasteiger partial charge in [-0.05, 0) is 80.3 Å². The van der Waals surface area contributed by atoms with E-state index >= 15 is 0 Å². The van der Waals surface area contributed by atoms with Crippen molar-refractivity contribution in [1.29, 1.82) is 0 Å². The molecule has 0 saturated heterocycles. The number of hydrogen-bond acceptors (Lipinski definition) is 5. The molecule has 3 aromatic carbocycles. The first kappa shape index (κ1) is 32.6. The maximum Gasteiger partial charge on any atom is 0.264 e. The molecule has 0 radical (unpaired) electrons. The summed E-state index contributed by atoms with van der Waals surface area (Å²) in [5, 5.41) is 2.92. The van der Waals surface area contributed by atoms with Crippen LogP contribution >= 0.6 is 0 Å². The summed E-state index contributed by atoms with van der Waals surface area (Å²) < 4.78 is 47.9. The van der Waals surface area contributed by atoms with E-state index in [1.54, 1.807) is 24.3 Å². The highest BCUT2D eigenvalue weighted by Crippen LogP contribution is 2.27. The van der Waals surface area contributed by atoms with Gasteiger partial charge in [0.15, 0.2) is 0 Å². The Bertz CT molecular complexity index is 1440. The molecule has 0 saturated carbocycles. The van der Waals surface area contributed by atoms with Gasteiger partial charge in [0.2, 0.25) is 11.8 Å². The number of hydrogen-bond donors (Lipinski definition) is 1. The van der Waals surface area contributed by atoms with Gasteiger partial charge in [0, 0.05) is 13.1 Å². The van der Waals surface area contributed by atoms with E-state index in [9.17, 15) is 22.4 Å². The highest BCUT2D eigenvalue weighted by molar-refractivity contribution is 7.92. The molecule has 2 amide bonds. The van der Waals surface area contributed by atoms with Crippen LogP contribution in [0.5, 0.6) is 5.75 Å². The maximum absolute atomic E-state index is 14.1. The van der Waals surface area contributed by atoms with Crippen molar-refractivity contribution in [3.63, 3.8) is 0 Å². The van der Waals surface area contributed by atoms with E-state index in [1.165, 1.54) is 4.90 Å². The van der Waals surface area contributed by atoms with Gasteiger partial charge in [-0.15, -0.1) is 0 Å². The Morgan fingerprint density at radius 2 is 1.64 bits per heavy atom. The summed E-state index contributed by atoms with van der Waals surface area (Å²) in [6.07, 6.45) is 0.329. The third kappa shape index (κ3) is 8.55. The van der Waals surface area contributed by atoms with Crippen LogP contribution in [0.4, 0.5) is 10.1 Å². The zero-order valence-electron chi connectivity index (χ0n) is 24.8. The Hall–Kier alpha value is -3.92. The number of sulfonamides is 1. The Balaban J connectivity index is 2.05. The van der Waals surface area contributed by atoms with Gasteiger partial charge in [0.1, 0.15) is 24.2 Å². The second kappa shape index (κ2) is 14.8. The third-order valence-electron chi connectivity index (χ3n) is 6.62. The van der Waals surface area contributed by atoms with Crippen LogP contribution in [-0.4, -0.2) is 50.9 Å². The highest BCUT2D eigenvalue weighted by Gasteiger charge is 2.33. The van der Waals surface area contributed by atoms with Gasteiger partial charge in [-0.3, -0.25) is 13.9 Å². The molecule has 0 aliphatic rings. The topological polar surface area (TPSA) is 96.0 Å². The molecule has 0 aliphatic carbocycles. The molecule has 0 fully saturated rings. The minimum absolute atomic E-state index is 0.113. The van der Waals surface area contributed by atoms with Crippen LogP contribution in [0, 0.1) is 18.7 Å². The quantitative estimate of drug-likeness (QED) is 0.272. The maximum atomic E-state index is 14.1. The average molecular weight is 598 g/mol. The number of carbonyl (C=O) groups is 2. The summed E-state index contributed by atoms with van der Waals surface area (Å²) in [6, 6.07) is 17.6. The Morgan fingerprint density at radius 3 is 2.21 bits per heavy atom. The number of carbonyl (C=O) groups excluding carboxylic acids is 2. The Morgan fingerprint density at radius 1 is 0.976 bits per heavy atom. The van der Waals surface area contributed by atoms with Gasteiger partial charge in [-0.1, -0.05) is 50.6 Å². The number of halogens is 1. The number of anilines is 1. The SMILES string of the molecule is CCOc1ccc(N(CC(=O)N(Cc2cccc(C)c2)C(CC)C(=O)NCC(C)C)S(=O)(=O)c2ccc(F)cc2)cc1. The molecule has 0 bridgehead atoms. The lowest BCUT2D eigenvalue weighted by Crippen LogP contribution is -2.52. The zero-order chi connectivity index (χ0) is 30.9. The predicted octanol–water partition coefficient (Wildman–Crippen LogP) is 5.31. The summed E-state index contributed by atoms with van der Waals surface area (Å²) in [6.45, 7) is 9.95. The second-order valence-electron chi connectivity index (χ2n) is 10.5. The highest BCUT2D eigenvalue weighted by atomic mass is 32.2. The monoisotopic (exact) mass is 597 g/mol. The fraction of sp³-hybridized carbons (Fsp3) is 0.375. The van der Waals surface area contributed by atoms with Crippen molar-refractivity contribution in [3.8, 4) is 5.75 Å². The molecule has 3 aromatic rings. The number of aryl methyl sites for hydroxylation is 1. The molecular formula is C32H40FN3O5S.